The van der Waals surface area contributed by atoms with Crippen molar-refractivity contribution in [1.29, 1.82) is 0 Å². The zero-order valence-corrected chi connectivity index (χ0v) is 14.5. The number of hydrogen-bond donors (Lipinski definition) is 0. The van der Waals surface area contributed by atoms with Crippen molar-refractivity contribution in [3.8, 4) is 0 Å². The standard InChI is InChI=1S/C18H19N3O2S/c1-13(14-6-4-3-5-7-14)20(2)16(22)8-10-21-12-19-17-15(18(21)23)9-11-24-17/h3-7,9,11-13H,8,10H2,1-2H3/t13-/m0/s1. The number of benzene rings is 1. The summed E-state index contributed by atoms with van der Waals surface area (Å²) in [6, 6.07) is 11.7. The predicted octanol–water partition coefficient (Wildman–Crippen LogP) is 3.07. The Morgan fingerprint density at radius 2 is 2.04 bits per heavy atom. The summed E-state index contributed by atoms with van der Waals surface area (Å²) < 4.78 is 1.51. The summed E-state index contributed by atoms with van der Waals surface area (Å²) in [5, 5.41) is 2.46. The van der Waals surface area contributed by atoms with Gasteiger partial charge in [-0.1, -0.05) is 30.3 Å². The third-order valence-corrected chi connectivity index (χ3v) is 5.09. The smallest absolute Gasteiger partial charge is 0.262 e. The van der Waals surface area contributed by atoms with Crippen molar-refractivity contribution in [2.45, 2.75) is 25.9 Å². The van der Waals surface area contributed by atoms with Crippen molar-refractivity contribution in [1.82, 2.24) is 14.5 Å². The topological polar surface area (TPSA) is 55.2 Å². The van der Waals surface area contributed by atoms with E-state index >= 15 is 0 Å². The molecule has 2 heterocycles. The quantitative estimate of drug-likeness (QED) is 0.717. The molecule has 124 valence electrons. The van der Waals surface area contributed by atoms with Crippen molar-refractivity contribution < 1.29 is 4.79 Å². The Bertz CT molecular complexity index is 901. The van der Waals surface area contributed by atoms with Crippen molar-refractivity contribution in [2.75, 3.05) is 7.05 Å². The molecule has 0 saturated heterocycles. The van der Waals surface area contributed by atoms with Crippen LogP contribution < -0.4 is 5.56 Å². The zero-order chi connectivity index (χ0) is 17.1. The average Bonchev–Trinajstić information content (AvgIpc) is 3.10. The minimum Gasteiger partial charge on any atom is -0.339 e. The van der Waals surface area contributed by atoms with E-state index in [4.69, 9.17) is 0 Å². The Morgan fingerprint density at radius 1 is 1.29 bits per heavy atom. The molecule has 0 N–H and O–H groups in total. The highest BCUT2D eigenvalue weighted by molar-refractivity contribution is 7.16. The summed E-state index contributed by atoms with van der Waals surface area (Å²) in [6.45, 7) is 2.33. The Balaban J connectivity index is 1.68. The lowest BCUT2D eigenvalue weighted by Crippen LogP contribution is -2.31. The van der Waals surface area contributed by atoms with Gasteiger partial charge in [0.15, 0.2) is 0 Å². The van der Waals surface area contributed by atoms with Gasteiger partial charge in [0.25, 0.3) is 5.56 Å². The molecule has 3 rings (SSSR count). The number of amides is 1. The molecule has 0 saturated carbocycles. The van der Waals surface area contributed by atoms with Crippen LogP contribution in [0.25, 0.3) is 10.2 Å². The molecule has 1 amide bonds. The number of aromatic nitrogens is 2. The third-order valence-electron chi connectivity index (χ3n) is 4.27. The summed E-state index contributed by atoms with van der Waals surface area (Å²) in [4.78, 5) is 31.5. The number of rotatable bonds is 5. The maximum absolute atomic E-state index is 12.4. The van der Waals surface area contributed by atoms with Gasteiger partial charge < -0.3 is 4.90 Å². The summed E-state index contributed by atoms with van der Waals surface area (Å²) >= 11 is 1.44. The maximum Gasteiger partial charge on any atom is 0.262 e. The van der Waals surface area contributed by atoms with Crippen LogP contribution in [0.2, 0.25) is 0 Å². The minimum atomic E-state index is -0.0900. The van der Waals surface area contributed by atoms with E-state index in [9.17, 15) is 9.59 Å². The monoisotopic (exact) mass is 341 g/mol. The molecule has 1 aromatic carbocycles. The second-order valence-corrected chi connectivity index (χ2v) is 6.62. The van der Waals surface area contributed by atoms with Gasteiger partial charge >= 0.3 is 0 Å². The summed E-state index contributed by atoms with van der Waals surface area (Å²) in [5.41, 5.74) is 1.000. The van der Waals surface area contributed by atoms with E-state index < -0.39 is 0 Å². The van der Waals surface area contributed by atoms with Gasteiger partial charge in [0.1, 0.15) is 4.83 Å². The fourth-order valence-corrected chi connectivity index (χ4v) is 3.34. The lowest BCUT2D eigenvalue weighted by atomic mass is 10.1. The molecular formula is C18H19N3O2S. The second-order valence-electron chi connectivity index (χ2n) is 5.72. The largest absolute Gasteiger partial charge is 0.339 e. The molecule has 0 bridgehead atoms. The second kappa shape index (κ2) is 6.97. The molecule has 0 fully saturated rings. The van der Waals surface area contributed by atoms with Crippen LogP contribution in [0, 0.1) is 0 Å². The fourth-order valence-electron chi connectivity index (χ4n) is 2.62. The first-order valence-corrected chi connectivity index (χ1v) is 8.69. The van der Waals surface area contributed by atoms with Gasteiger partial charge in [0, 0.05) is 20.0 Å². The highest BCUT2D eigenvalue weighted by atomic mass is 32.1. The van der Waals surface area contributed by atoms with Crippen LogP contribution in [0.4, 0.5) is 0 Å². The first-order valence-electron chi connectivity index (χ1n) is 7.81. The molecule has 0 aliphatic carbocycles. The lowest BCUT2D eigenvalue weighted by molar-refractivity contribution is -0.132. The van der Waals surface area contributed by atoms with Crippen LogP contribution in [0.3, 0.4) is 0 Å². The van der Waals surface area contributed by atoms with Crippen LogP contribution in [-0.4, -0.2) is 27.4 Å². The summed E-state index contributed by atoms with van der Waals surface area (Å²) in [5.74, 6) is 0.00340. The van der Waals surface area contributed by atoms with E-state index in [0.717, 1.165) is 10.4 Å². The molecule has 2 aromatic heterocycles. The molecule has 0 spiro atoms. The van der Waals surface area contributed by atoms with Crippen molar-refractivity contribution >= 4 is 27.5 Å². The van der Waals surface area contributed by atoms with Crippen LogP contribution in [-0.2, 0) is 11.3 Å². The van der Waals surface area contributed by atoms with E-state index in [1.54, 1.807) is 18.0 Å². The van der Waals surface area contributed by atoms with Gasteiger partial charge in [-0.25, -0.2) is 4.98 Å². The molecule has 6 heteroatoms. The first-order chi connectivity index (χ1) is 11.6. The first kappa shape index (κ1) is 16.4. The minimum absolute atomic E-state index is 0.00340. The molecular weight excluding hydrogens is 322 g/mol. The Morgan fingerprint density at radius 3 is 2.79 bits per heavy atom. The van der Waals surface area contributed by atoms with Crippen LogP contribution >= 0.6 is 11.3 Å². The Hall–Kier alpha value is -2.47. The molecule has 5 nitrogen and oxygen atoms in total. The molecule has 0 aliphatic rings. The predicted molar refractivity (Wildman–Crippen MR) is 96.1 cm³/mol. The van der Waals surface area contributed by atoms with Crippen molar-refractivity contribution in [3.05, 3.63) is 64.0 Å². The van der Waals surface area contributed by atoms with E-state index in [1.807, 2.05) is 42.6 Å². The lowest BCUT2D eigenvalue weighted by Gasteiger charge is -2.25. The zero-order valence-electron chi connectivity index (χ0n) is 13.7. The van der Waals surface area contributed by atoms with Gasteiger partial charge in [-0.2, -0.15) is 0 Å². The van der Waals surface area contributed by atoms with Gasteiger partial charge in [0.2, 0.25) is 5.91 Å². The molecule has 0 radical (unpaired) electrons. The Labute approximate surface area is 144 Å². The number of carbonyl (C=O) groups is 1. The highest BCUT2D eigenvalue weighted by Gasteiger charge is 2.17. The third kappa shape index (κ3) is 3.23. The van der Waals surface area contributed by atoms with Crippen LogP contribution in [0.5, 0.6) is 0 Å². The van der Waals surface area contributed by atoms with Gasteiger partial charge in [0.05, 0.1) is 17.8 Å². The summed E-state index contributed by atoms with van der Waals surface area (Å²) in [6.07, 6.45) is 1.79. The SMILES string of the molecule is C[C@@H](c1ccccc1)N(C)C(=O)CCn1cnc2sccc2c1=O. The number of hydrogen-bond acceptors (Lipinski definition) is 4. The number of carbonyl (C=O) groups excluding carboxylic acids is 1. The molecule has 0 aliphatic heterocycles. The van der Waals surface area contributed by atoms with Crippen molar-refractivity contribution in [2.24, 2.45) is 0 Å². The fraction of sp³-hybridized carbons (Fsp3) is 0.278. The van der Waals surface area contributed by atoms with Gasteiger partial charge in [-0.05, 0) is 23.9 Å². The van der Waals surface area contributed by atoms with E-state index in [-0.39, 0.29) is 23.9 Å². The number of nitrogens with zero attached hydrogens (tertiary/aromatic N) is 3. The summed E-state index contributed by atoms with van der Waals surface area (Å²) in [7, 11) is 1.79. The van der Waals surface area contributed by atoms with Crippen LogP contribution in [0.15, 0.2) is 52.9 Å². The van der Waals surface area contributed by atoms with Crippen LogP contribution in [0.1, 0.15) is 24.9 Å². The molecule has 24 heavy (non-hydrogen) atoms. The molecule has 1 atom stereocenters. The molecule has 0 unspecified atom stereocenters. The van der Waals surface area contributed by atoms with E-state index in [1.165, 1.54) is 22.2 Å². The number of fused-ring (bicyclic) bond motifs is 1. The normalized spacial score (nSPS) is 12.2. The highest BCUT2D eigenvalue weighted by Crippen LogP contribution is 2.19. The van der Waals surface area contributed by atoms with E-state index in [2.05, 4.69) is 4.98 Å². The number of aryl methyl sites for hydroxylation is 1. The van der Waals surface area contributed by atoms with E-state index in [0.29, 0.717) is 11.9 Å². The van der Waals surface area contributed by atoms with Gasteiger partial charge in [-0.3, -0.25) is 14.2 Å². The maximum atomic E-state index is 12.4. The Kier molecular flexibility index (Phi) is 4.76. The molecule has 3 aromatic rings. The van der Waals surface area contributed by atoms with Crippen molar-refractivity contribution in [3.63, 3.8) is 0 Å². The number of thiophene rings is 1. The average molecular weight is 341 g/mol. The van der Waals surface area contributed by atoms with Gasteiger partial charge in [-0.15, -0.1) is 11.3 Å².